The van der Waals surface area contributed by atoms with E-state index in [-0.39, 0.29) is 17.2 Å². The Morgan fingerprint density at radius 3 is 2.67 bits per heavy atom. The topological polar surface area (TPSA) is 123 Å². The SMILES string of the molecule is CCN(CC)c1ccc2c(C)c(CCN3CC4(CCN(c5ncnc6[nH]ncc56)CC4)NC3=O)c(=O)oc2c1. The van der Waals surface area contributed by atoms with Gasteiger partial charge in [0.1, 0.15) is 17.7 Å². The van der Waals surface area contributed by atoms with Gasteiger partial charge >= 0.3 is 11.7 Å². The maximum Gasteiger partial charge on any atom is 0.339 e. The van der Waals surface area contributed by atoms with E-state index in [2.05, 4.69) is 55.2 Å². The first kappa shape index (κ1) is 25.1. The lowest BCUT2D eigenvalue weighted by Crippen LogP contribution is -2.52. The Kier molecular flexibility index (Phi) is 6.36. The minimum atomic E-state index is -0.324. The fourth-order valence-electron chi connectivity index (χ4n) is 6.10. The van der Waals surface area contributed by atoms with E-state index in [1.165, 1.54) is 0 Å². The maximum atomic E-state index is 13.0. The summed E-state index contributed by atoms with van der Waals surface area (Å²) in [5.41, 5.74) is 3.32. The normalized spacial score (nSPS) is 16.9. The van der Waals surface area contributed by atoms with Gasteiger partial charge in [-0.1, -0.05) is 0 Å². The molecule has 2 amide bonds. The van der Waals surface area contributed by atoms with Crippen molar-refractivity contribution < 1.29 is 9.21 Å². The third-order valence-electron chi connectivity index (χ3n) is 8.43. The van der Waals surface area contributed by atoms with E-state index in [9.17, 15) is 9.59 Å². The fourth-order valence-corrected chi connectivity index (χ4v) is 6.10. The Morgan fingerprint density at radius 1 is 1.10 bits per heavy atom. The number of fused-ring (bicyclic) bond motifs is 2. The lowest BCUT2D eigenvalue weighted by molar-refractivity contribution is 0.217. The van der Waals surface area contributed by atoms with Crippen molar-refractivity contribution in [3.05, 3.63) is 52.3 Å². The Labute approximate surface area is 226 Å². The van der Waals surface area contributed by atoms with Crippen LogP contribution in [0.2, 0.25) is 0 Å². The van der Waals surface area contributed by atoms with Gasteiger partial charge in [-0.3, -0.25) is 5.10 Å². The van der Waals surface area contributed by atoms with Gasteiger partial charge in [0.2, 0.25) is 0 Å². The number of amides is 2. The van der Waals surface area contributed by atoms with E-state index >= 15 is 0 Å². The highest BCUT2D eigenvalue weighted by atomic mass is 16.4. The molecule has 4 aromatic rings. The molecule has 0 unspecified atom stereocenters. The zero-order valence-electron chi connectivity index (χ0n) is 22.7. The van der Waals surface area contributed by atoms with Gasteiger partial charge in [0, 0.05) is 62.0 Å². The highest BCUT2D eigenvalue weighted by molar-refractivity contribution is 5.86. The molecule has 0 radical (unpaired) electrons. The number of anilines is 2. The Morgan fingerprint density at radius 2 is 1.90 bits per heavy atom. The number of hydrogen-bond acceptors (Lipinski definition) is 8. The summed E-state index contributed by atoms with van der Waals surface area (Å²) in [7, 11) is 0. The van der Waals surface area contributed by atoms with Crippen molar-refractivity contribution >= 4 is 39.5 Å². The lowest BCUT2D eigenvalue weighted by atomic mass is 9.88. The molecule has 2 fully saturated rings. The van der Waals surface area contributed by atoms with Gasteiger partial charge in [0.25, 0.3) is 0 Å². The van der Waals surface area contributed by atoms with Crippen molar-refractivity contribution in [2.75, 3.05) is 49.1 Å². The second-order valence-electron chi connectivity index (χ2n) is 10.5. The molecule has 11 nitrogen and oxygen atoms in total. The number of urea groups is 1. The maximum absolute atomic E-state index is 13.0. The van der Waals surface area contributed by atoms with Crippen LogP contribution in [0.5, 0.6) is 0 Å². The predicted molar refractivity (Wildman–Crippen MR) is 150 cm³/mol. The first-order chi connectivity index (χ1) is 18.9. The first-order valence-electron chi connectivity index (χ1n) is 13.7. The van der Waals surface area contributed by atoms with Crippen molar-refractivity contribution in [2.45, 2.75) is 45.6 Å². The molecule has 2 N–H and O–H groups in total. The Hall–Kier alpha value is -4.15. The number of nitrogens with one attached hydrogen (secondary N) is 2. The van der Waals surface area contributed by atoms with Crippen LogP contribution < -0.4 is 20.7 Å². The molecule has 6 rings (SSSR count). The third kappa shape index (κ3) is 4.45. The number of aromatic nitrogens is 4. The summed E-state index contributed by atoms with van der Waals surface area (Å²) in [6, 6.07) is 5.98. The molecule has 2 aliphatic heterocycles. The van der Waals surface area contributed by atoms with Crippen LogP contribution in [0.1, 0.15) is 37.8 Å². The molecule has 204 valence electrons. The predicted octanol–water partition coefficient (Wildman–Crippen LogP) is 3.22. The summed E-state index contributed by atoms with van der Waals surface area (Å²) in [5, 5.41) is 12.1. The second-order valence-corrected chi connectivity index (χ2v) is 10.5. The molecule has 0 atom stereocenters. The molecule has 3 aromatic heterocycles. The van der Waals surface area contributed by atoms with Gasteiger partial charge in [-0.15, -0.1) is 0 Å². The highest BCUT2D eigenvalue weighted by Gasteiger charge is 2.44. The van der Waals surface area contributed by atoms with Gasteiger partial charge in [0.05, 0.1) is 17.1 Å². The molecule has 11 heteroatoms. The molecule has 2 saturated heterocycles. The third-order valence-corrected chi connectivity index (χ3v) is 8.43. The van der Waals surface area contributed by atoms with Gasteiger partial charge in [-0.05, 0) is 57.7 Å². The van der Waals surface area contributed by atoms with Crippen LogP contribution >= 0.6 is 0 Å². The average molecular weight is 531 g/mol. The van der Waals surface area contributed by atoms with Crippen LogP contribution in [0.4, 0.5) is 16.3 Å². The smallest absolute Gasteiger partial charge is 0.339 e. The Balaban J connectivity index is 1.13. The van der Waals surface area contributed by atoms with Crippen molar-refractivity contribution in [1.29, 1.82) is 0 Å². The molecule has 0 aliphatic carbocycles. The number of rotatable bonds is 7. The molecule has 5 heterocycles. The van der Waals surface area contributed by atoms with Crippen LogP contribution in [-0.2, 0) is 6.42 Å². The minimum absolute atomic E-state index is 0.0746. The van der Waals surface area contributed by atoms with E-state index in [4.69, 9.17) is 4.42 Å². The van der Waals surface area contributed by atoms with Crippen LogP contribution in [0.3, 0.4) is 0 Å². The minimum Gasteiger partial charge on any atom is -0.422 e. The van der Waals surface area contributed by atoms with E-state index in [0.717, 1.165) is 72.5 Å². The number of aromatic amines is 1. The van der Waals surface area contributed by atoms with Gasteiger partial charge in [-0.25, -0.2) is 19.6 Å². The standard InChI is InChI=1S/C28H34N8O3/c1-4-34(5-2)19-6-7-20-18(3)21(26(37)39-23(20)14-19)8-11-36-16-28(32-27(36)38)9-12-35(13-10-28)25-22-15-31-33-24(22)29-17-30-25/h6-7,14-15,17H,4-5,8-13,16H2,1-3H3,(H,32,38)(H,29,30,31,33). The molecule has 2 aliphatic rings. The zero-order valence-corrected chi connectivity index (χ0v) is 22.7. The summed E-state index contributed by atoms with van der Waals surface area (Å²) in [6.07, 6.45) is 5.38. The molecule has 1 aromatic carbocycles. The monoisotopic (exact) mass is 530 g/mol. The van der Waals surface area contributed by atoms with Gasteiger partial charge in [-0.2, -0.15) is 5.10 Å². The largest absolute Gasteiger partial charge is 0.422 e. The first-order valence-corrected chi connectivity index (χ1v) is 13.7. The molecule has 1 spiro atoms. The number of carbonyl (C=O) groups is 1. The number of hydrogen-bond donors (Lipinski definition) is 2. The summed E-state index contributed by atoms with van der Waals surface area (Å²) < 4.78 is 5.76. The summed E-state index contributed by atoms with van der Waals surface area (Å²) >= 11 is 0. The van der Waals surface area contributed by atoms with E-state index in [0.29, 0.717) is 30.7 Å². The van der Waals surface area contributed by atoms with Crippen LogP contribution in [-0.4, -0.2) is 75.9 Å². The molecule has 0 saturated carbocycles. The van der Waals surface area contributed by atoms with E-state index in [1.54, 1.807) is 12.5 Å². The van der Waals surface area contributed by atoms with Gasteiger partial charge in [0.15, 0.2) is 5.65 Å². The lowest BCUT2D eigenvalue weighted by Gasteiger charge is -2.39. The summed E-state index contributed by atoms with van der Waals surface area (Å²) in [4.78, 5) is 40.9. The molecule has 0 bridgehead atoms. The highest BCUT2D eigenvalue weighted by Crippen LogP contribution is 2.32. The number of H-pyrrole nitrogens is 1. The Bertz CT molecular complexity index is 1580. The van der Waals surface area contributed by atoms with Crippen molar-refractivity contribution in [2.24, 2.45) is 0 Å². The van der Waals surface area contributed by atoms with Crippen molar-refractivity contribution in [1.82, 2.24) is 30.4 Å². The number of nitrogens with zero attached hydrogens (tertiary/aromatic N) is 6. The van der Waals surface area contributed by atoms with Crippen molar-refractivity contribution in [3.63, 3.8) is 0 Å². The number of carbonyl (C=O) groups excluding carboxylic acids is 1. The molecular formula is C28H34N8O3. The zero-order chi connectivity index (χ0) is 27.1. The van der Waals surface area contributed by atoms with Crippen LogP contribution in [0.15, 0.2) is 39.9 Å². The van der Waals surface area contributed by atoms with E-state index < -0.39 is 0 Å². The van der Waals surface area contributed by atoms with Crippen LogP contribution in [0, 0.1) is 6.92 Å². The summed E-state index contributed by atoms with van der Waals surface area (Å²) in [5.74, 6) is 0.868. The number of piperidine rings is 1. The number of aryl methyl sites for hydroxylation is 1. The summed E-state index contributed by atoms with van der Waals surface area (Å²) in [6.45, 7) is 10.6. The molecular weight excluding hydrogens is 496 g/mol. The second kappa shape index (κ2) is 9.87. The van der Waals surface area contributed by atoms with Crippen molar-refractivity contribution in [3.8, 4) is 0 Å². The van der Waals surface area contributed by atoms with E-state index in [1.807, 2.05) is 24.0 Å². The van der Waals surface area contributed by atoms with Crippen LogP contribution in [0.25, 0.3) is 22.0 Å². The molecule has 39 heavy (non-hydrogen) atoms. The number of benzene rings is 1. The quantitative estimate of drug-likeness (QED) is 0.349. The van der Waals surface area contributed by atoms with Gasteiger partial charge < -0.3 is 24.4 Å². The average Bonchev–Trinajstić information content (AvgIpc) is 3.54. The fraction of sp³-hybridized carbons (Fsp3) is 0.464.